The van der Waals surface area contributed by atoms with Crippen LogP contribution in [0.1, 0.15) is 19.5 Å². The molecule has 0 aliphatic carbocycles. The monoisotopic (exact) mass is 196 g/mol. The first-order valence-electron chi connectivity index (χ1n) is 4.72. The molecule has 5 heteroatoms. The molecule has 0 spiro atoms. The molecule has 0 aromatic carbocycles. The molecule has 1 rings (SSSR count). The number of H-pyrrole nitrogens is 1. The van der Waals surface area contributed by atoms with Gasteiger partial charge in [-0.1, -0.05) is 0 Å². The van der Waals surface area contributed by atoms with E-state index in [2.05, 4.69) is 20.6 Å². The zero-order chi connectivity index (χ0) is 10.4. The van der Waals surface area contributed by atoms with Crippen LogP contribution in [-0.4, -0.2) is 28.5 Å². The summed E-state index contributed by atoms with van der Waals surface area (Å²) in [5.74, 6) is 0.0204. The molecule has 0 fully saturated rings. The lowest BCUT2D eigenvalue weighted by Crippen LogP contribution is -2.41. The summed E-state index contributed by atoms with van der Waals surface area (Å²) in [7, 11) is 0. The van der Waals surface area contributed by atoms with Gasteiger partial charge in [-0.3, -0.25) is 4.79 Å². The Labute approximate surface area is 83.3 Å². The third-order valence-corrected chi connectivity index (χ3v) is 1.90. The zero-order valence-electron chi connectivity index (χ0n) is 8.50. The van der Waals surface area contributed by atoms with Gasteiger partial charge in [-0.05, 0) is 13.8 Å². The lowest BCUT2D eigenvalue weighted by atomic mass is 10.3. The molecule has 0 saturated carbocycles. The SMILES string of the molecule is CCNC(=O)C(C)NCc1cnc[nH]1. The molecular formula is C9H16N4O. The summed E-state index contributed by atoms with van der Waals surface area (Å²) in [6, 6.07) is -0.182. The van der Waals surface area contributed by atoms with Crippen molar-refractivity contribution in [1.82, 2.24) is 20.6 Å². The minimum atomic E-state index is -0.182. The van der Waals surface area contributed by atoms with Crippen LogP contribution in [0.5, 0.6) is 0 Å². The van der Waals surface area contributed by atoms with Crippen molar-refractivity contribution in [2.45, 2.75) is 26.4 Å². The number of aromatic amines is 1. The molecule has 1 unspecified atom stereocenters. The van der Waals surface area contributed by atoms with Gasteiger partial charge < -0.3 is 15.6 Å². The van der Waals surface area contributed by atoms with Crippen molar-refractivity contribution < 1.29 is 4.79 Å². The van der Waals surface area contributed by atoms with E-state index in [1.54, 1.807) is 12.5 Å². The maximum atomic E-state index is 11.3. The van der Waals surface area contributed by atoms with Crippen LogP contribution in [0, 0.1) is 0 Å². The van der Waals surface area contributed by atoms with E-state index in [0.717, 1.165) is 5.69 Å². The molecular weight excluding hydrogens is 180 g/mol. The van der Waals surface area contributed by atoms with E-state index in [-0.39, 0.29) is 11.9 Å². The molecule has 3 N–H and O–H groups in total. The summed E-state index contributed by atoms with van der Waals surface area (Å²) >= 11 is 0. The topological polar surface area (TPSA) is 69.8 Å². The third-order valence-electron chi connectivity index (χ3n) is 1.90. The quantitative estimate of drug-likeness (QED) is 0.622. The minimum Gasteiger partial charge on any atom is -0.355 e. The van der Waals surface area contributed by atoms with Gasteiger partial charge in [0.15, 0.2) is 0 Å². The average Bonchev–Trinajstić information content (AvgIpc) is 2.67. The van der Waals surface area contributed by atoms with Gasteiger partial charge in [0.2, 0.25) is 5.91 Å². The van der Waals surface area contributed by atoms with Crippen molar-refractivity contribution in [3.05, 3.63) is 18.2 Å². The molecule has 14 heavy (non-hydrogen) atoms. The number of carbonyl (C=O) groups is 1. The first kappa shape index (κ1) is 10.7. The Morgan fingerprint density at radius 1 is 1.71 bits per heavy atom. The molecule has 0 saturated heterocycles. The molecule has 1 aromatic rings. The van der Waals surface area contributed by atoms with Crippen LogP contribution in [-0.2, 0) is 11.3 Å². The van der Waals surface area contributed by atoms with Gasteiger partial charge >= 0.3 is 0 Å². The van der Waals surface area contributed by atoms with Gasteiger partial charge in [-0.2, -0.15) is 0 Å². The number of amides is 1. The number of hydrogen-bond acceptors (Lipinski definition) is 3. The van der Waals surface area contributed by atoms with Crippen molar-refractivity contribution in [3.8, 4) is 0 Å². The number of hydrogen-bond donors (Lipinski definition) is 3. The summed E-state index contributed by atoms with van der Waals surface area (Å²) in [6.45, 7) is 5.02. The molecule has 0 radical (unpaired) electrons. The summed E-state index contributed by atoms with van der Waals surface area (Å²) in [6.07, 6.45) is 3.35. The number of rotatable bonds is 5. The van der Waals surface area contributed by atoms with E-state index in [9.17, 15) is 4.79 Å². The molecule has 0 aliphatic heterocycles. The molecule has 1 heterocycles. The van der Waals surface area contributed by atoms with E-state index in [1.165, 1.54) is 0 Å². The molecule has 0 aliphatic rings. The number of nitrogens with one attached hydrogen (secondary N) is 3. The van der Waals surface area contributed by atoms with Gasteiger partial charge in [-0.15, -0.1) is 0 Å². The Morgan fingerprint density at radius 3 is 3.07 bits per heavy atom. The summed E-state index contributed by atoms with van der Waals surface area (Å²) in [5.41, 5.74) is 0.973. The maximum Gasteiger partial charge on any atom is 0.236 e. The van der Waals surface area contributed by atoms with Gasteiger partial charge in [0.05, 0.1) is 12.4 Å². The molecule has 1 atom stereocenters. The van der Waals surface area contributed by atoms with E-state index in [1.807, 2.05) is 13.8 Å². The van der Waals surface area contributed by atoms with Gasteiger partial charge in [0.25, 0.3) is 0 Å². The fraction of sp³-hybridized carbons (Fsp3) is 0.556. The normalized spacial score (nSPS) is 12.4. The highest BCUT2D eigenvalue weighted by Gasteiger charge is 2.10. The molecule has 1 amide bonds. The fourth-order valence-electron chi connectivity index (χ4n) is 1.06. The van der Waals surface area contributed by atoms with Gasteiger partial charge in [-0.25, -0.2) is 4.98 Å². The number of nitrogens with zero attached hydrogens (tertiary/aromatic N) is 1. The molecule has 78 valence electrons. The number of aromatic nitrogens is 2. The summed E-state index contributed by atoms with van der Waals surface area (Å²) < 4.78 is 0. The number of imidazole rings is 1. The van der Waals surface area contributed by atoms with E-state index < -0.39 is 0 Å². The first-order valence-corrected chi connectivity index (χ1v) is 4.72. The highest BCUT2D eigenvalue weighted by molar-refractivity contribution is 5.81. The van der Waals surface area contributed by atoms with Crippen molar-refractivity contribution in [2.24, 2.45) is 0 Å². The Hall–Kier alpha value is -1.36. The second kappa shape index (κ2) is 5.39. The van der Waals surface area contributed by atoms with Crippen LogP contribution in [0.25, 0.3) is 0 Å². The third kappa shape index (κ3) is 3.18. The predicted octanol–water partition coefficient (Wildman–Crippen LogP) is 0.0239. The lowest BCUT2D eigenvalue weighted by molar-refractivity contribution is -0.122. The van der Waals surface area contributed by atoms with Crippen molar-refractivity contribution in [1.29, 1.82) is 0 Å². The molecule has 0 bridgehead atoms. The highest BCUT2D eigenvalue weighted by atomic mass is 16.2. The summed E-state index contributed by atoms with van der Waals surface area (Å²) in [4.78, 5) is 18.1. The molecule has 5 nitrogen and oxygen atoms in total. The Balaban J connectivity index is 2.27. The lowest BCUT2D eigenvalue weighted by Gasteiger charge is -2.11. The van der Waals surface area contributed by atoms with Crippen LogP contribution in [0.15, 0.2) is 12.5 Å². The van der Waals surface area contributed by atoms with Crippen LogP contribution in [0.4, 0.5) is 0 Å². The Morgan fingerprint density at radius 2 is 2.50 bits per heavy atom. The largest absolute Gasteiger partial charge is 0.355 e. The van der Waals surface area contributed by atoms with Crippen LogP contribution < -0.4 is 10.6 Å². The first-order chi connectivity index (χ1) is 6.74. The van der Waals surface area contributed by atoms with Crippen LogP contribution in [0.2, 0.25) is 0 Å². The van der Waals surface area contributed by atoms with Crippen LogP contribution in [0.3, 0.4) is 0 Å². The number of likely N-dealkylation sites (N-methyl/N-ethyl adjacent to an activating group) is 1. The predicted molar refractivity (Wildman–Crippen MR) is 53.6 cm³/mol. The van der Waals surface area contributed by atoms with E-state index >= 15 is 0 Å². The highest BCUT2D eigenvalue weighted by Crippen LogP contribution is 1.91. The van der Waals surface area contributed by atoms with Gasteiger partial charge in [0, 0.05) is 25.0 Å². The van der Waals surface area contributed by atoms with E-state index in [4.69, 9.17) is 0 Å². The van der Waals surface area contributed by atoms with E-state index in [0.29, 0.717) is 13.1 Å². The zero-order valence-corrected chi connectivity index (χ0v) is 8.50. The molecule has 1 aromatic heterocycles. The second-order valence-electron chi connectivity index (χ2n) is 3.07. The maximum absolute atomic E-state index is 11.3. The van der Waals surface area contributed by atoms with Gasteiger partial charge in [0.1, 0.15) is 0 Å². The summed E-state index contributed by atoms with van der Waals surface area (Å²) in [5, 5.41) is 5.83. The number of carbonyl (C=O) groups excluding carboxylic acids is 1. The smallest absolute Gasteiger partial charge is 0.236 e. The van der Waals surface area contributed by atoms with Crippen molar-refractivity contribution in [3.63, 3.8) is 0 Å². The Kier molecular flexibility index (Phi) is 4.12. The second-order valence-corrected chi connectivity index (χ2v) is 3.07. The minimum absolute atomic E-state index is 0.0204. The van der Waals surface area contributed by atoms with Crippen LogP contribution >= 0.6 is 0 Å². The van der Waals surface area contributed by atoms with Crippen molar-refractivity contribution in [2.75, 3.05) is 6.54 Å². The standard InChI is InChI=1S/C9H16N4O/c1-3-11-9(14)7(2)12-5-8-4-10-6-13-8/h4,6-7,12H,3,5H2,1-2H3,(H,10,13)(H,11,14). The van der Waals surface area contributed by atoms with Crippen molar-refractivity contribution >= 4 is 5.91 Å². The average molecular weight is 196 g/mol. The fourth-order valence-corrected chi connectivity index (χ4v) is 1.06. The Bertz CT molecular complexity index is 270.